The van der Waals surface area contributed by atoms with Crippen LogP contribution in [0.4, 0.5) is 0 Å². The standard InChI is InChI=1S/C18H17NO3S/c1-21-17(16-3-2-9-22-16)11-19-18(20)14-6-4-13(5-7-14)15-8-10-23-12-15/h2-10,12,17H,11H2,1H3,(H,19,20). The van der Waals surface area contributed by atoms with Gasteiger partial charge in [-0.05, 0) is 52.2 Å². The lowest BCUT2D eigenvalue weighted by Gasteiger charge is -2.13. The van der Waals surface area contributed by atoms with E-state index in [1.165, 1.54) is 5.56 Å². The van der Waals surface area contributed by atoms with E-state index in [9.17, 15) is 4.79 Å². The van der Waals surface area contributed by atoms with Crippen LogP contribution in [0, 0.1) is 0 Å². The van der Waals surface area contributed by atoms with Crippen LogP contribution in [0.15, 0.2) is 63.9 Å². The molecule has 2 aromatic heterocycles. The second kappa shape index (κ2) is 7.26. The molecule has 0 radical (unpaired) electrons. The molecule has 5 heteroatoms. The van der Waals surface area contributed by atoms with Gasteiger partial charge in [0.25, 0.3) is 5.91 Å². The molecule has 3 rings (SSSR count). The maximum absolute atomic E-state index is 12.2. The number of rotatable bonds is 6. The van der Waals surface area contributed by atoms with E-state index in [2.05, 4.69) is 16.8 Å². The number of benzene rings is 1. The van der Waals surface area contributed by atoms with E-state index in [0.29, 0.717) is 17.9 Å². The Labute approximate surface area is 138 Å². The number of furan rings is 1. The van der Waals surface area contributed by atoms with Gasteiger partial charge >= 0.3 is 0 Å². The second-order valence-electron chi connectivity index (χ2n) is 5.04. The molecule has 1 aromatic carbocycles. The third-order valence-electron chi connectivity index (χ3n) is 3.59. The van der Waals surface area contributed by atoms with Crippen molar-refractivity contribution < 1.29 is 13.9 Å². The number of nitrogens with one attached hydrogen (secondary N) is 1. The molecule has 3 aromatic rings. The zero-order valence-corrected chi connectivity index (χ0v) is 13.5. The molecule has 1 atom stereocenters. The second-order valence-corrected chi connectivity index (χ2v) is 5.82. The molecule has 23 heavy (non-hydrogen) atoms. The summed E-state index contributed by atoms with van der Waals surface area (Å²) in [7, 11) is 1.59. The summed E-state index contributed by atoms with van der Waals surface area (Å²) in [6.07, 6.45) is 1.30. The summed E-state index contributed by atoms with van der Waals surface area (Å²) >= 11 is 1.66. The third kappa shape index (κ3) is 3.70. The van der Waals surface area contributed by atoms with Crippen LogP contribution in [0.25, 0.3) is 11.1 Å². The van der Waals surface area contributed by atoms with Crippen LogP contribution in [0.3, 0.4) is 0 Å². The van der Waals surface area contributed by atoms with Crippen molar-refractivity contribution in [2.24, 2.45) is 0 Å². The largest absolute Gasteiger partial charge is 0.467 e. The summed E-state index contributed by atoms with van der Waals surface area (Å²) in [5.74, 6) is 0.566. The highest BCUT2D eigenvalue weighted by Gasteiger charge is 2.15. The monoisotopic (exact) mass is 327 g/mol. The van der Waals surface area contributed by atoms with Crippen molar-refractivity contribution >= 4 is 17.2 Å². The quantitative estimate of drug-likeness (QED) is 0.741. The molecule has 0 fully saturated rings. The number of thiophene rings is 1. The van der Waals surface area contributed by atoms with Gasteiger partial charge < -0.3 is 14.5 Å². The van der Waals surface area contributed by atoms with E-state index in [4.69, 9.17) is 9.15 Å². The predicted octanol–water partition coefficient (Wildman–Crippen LogP) is 4.13. The molecule has 0 aliphatic carbocycles. The third-order valence-corrected chi connectivity index (χ3v) is 4.28. The molecule has 0 bridgehead atoms. The summed E-state index contributed by atoms with van der Waals surface area (Å²) in [6.45, 7) is 0.356. The van der Waals surface area contributed by atoms with Gasteiger partial charge in [0.1, 0.15) is 11.9 Å². The molecule has 0 aliphatic rings. The van der Waals surface area contributed by atoms with Crippen molar-refractivity contribution in [2.75, 3.05) is 13.7 Å². The molecule has 4 nitrogen and oxygen atoms in total. The maximum Gasteiger partial charge on any atom is 0.251 e. The molecular weight excluding hydrogens is 310 g/mol. The van der Waals surface area contributed by atoms with E-state index < -0.39 is 0 Å². The van der Waals surface area contributed by atoms with Gasteiger partial charge in [-0.25, -0.2) is 0 Å². The summed E-state index contributed by atoms with van der Waals surface area (Å²) in [5, 5.41) is 6.99. The lowest BCUT2D eigenvalue weighted by atomic mass is 10.1. The Bertz CT molecular complexity index is 733. The first-order valence-electron chi connectivity index (χ1n) is 7.25. The lowest BCUT2D eigenvalue weighted by Crippen LogP contribution is -2.28. The maximum atomic E-state index is 12.2. The van der Waals surface area contributed by atoms with Gasteiger partial charge in [-0.15, -0.1) is 0 Å². The number of carbonyl (C=O) groups excluding carboxylic acids is 1. The highest BCUT2D eigenvalue weighted by molar-refractivity contribution is 7.08. The van der Waals surface area contributed by atoms with E-state index in [0.717, 1.165) is 5.56 Å². The van der Waals surface area contributed by atoms with Crippen molar-refractivity contribution in [1.29, 1.82) is 0 Å². The fourth-order valence-corrected chi connectivity index (χ4v) is 2.97. The average Bonchev–Trinajstić information content (AvgIpc) is 3.29. The highest BCUT2D eigenvalue weighted by Crippen LogP contribution is 2.22. The van der Waals surface area contributed by atoms with Crippen LogP contribution in [0.1, 0.15) is 22.2 Å². The number of ether oxygens (including phenoxy) is 1. The van der Waals surface area contributed by atoms with Gasteiger partial charge in [0.2, 0.25) is 0 Å². The van der Waals surface area contributed by atoms with Gasteiger partial charge in [-0.3, -0.25) is 4.79 Å². The fraction of sp³-hybridized carbons (Fsp3) is 0.167. The Morgan fingerprint density at radius 2 is 2.04 bits per heavy atom. The Hall–Kier alpha value is -2.37. The average molecular weight is 327 g/mol. The SMILES string of the molecule is COC(CNC(=O)c1ccc(-c2ccsc2)cc1)c1ccco1. The van der Waals surface area contributed by atoms with Crippen molar-refractivity contribution in [2.45, 2.75) is 6.10 Å². The predicted molar refractivity (Wildman–Crippen MR) is 90.5 cm³/mol. The Morgan fingerprint density at radius 3 is 2.65 bits per heavy atom. The molecular formula is C18H17NO3S. The summed E-state index contributed by atoms with van der Waals surface area (Å²) in [4.78, 5) is 12.2. The minimum atomic E-state index is -0.293. The summed E-state index contributed by atoms with van der Waals surface area (Å²) in [5.41, 5.74) is 2.89. The van der Waals surface area contributed by atoms with Gasteiger partial charge in [0.15, 0.2) is 0 Å². The minimum absolute atomic E-state index is 0.129. The first kappa shape index (κ1) is 15.5. The van der Waals surface area contributed by atoms with E-state index >= 15 is 0 Å². The van der Waals surface area contributed by atoms with Crippen LogP contribution in [-0.2, 0) is 4.74 Å². The molecule has 118 valence electrons. The molecule has 0 spiro atoms. The molecule has 1 amide bonds. The number of hydrogen-bond acceptors (Lipinski definition) is 4. The summed E-state index contributed by atoms with van der Waals surface area (Å²) < 4.78 is 10.6. The van der Waals surface area contributed by atoms with Gasteiger partial charge in [-0.2, -0.15) is 11.3 Å². The van der Waals surface area contributed by atoms with Crippen LogP contribution in [-0.4, -0.2) is 19.6 Å². The number of carbonyl (C=O) groups is 1. The van der Waals surface area contributed by atoms with E-state index in [1.54, 1.807) is 30.8 Å². The normalized spacial score (nSPS) is 12.0. The molecule has 2 heterocycles. The lowest BCUT2D eigenvalue weighted by molar-refractivity contribution is 0.0738. The van der Waals surface area contributed by atoms with Crippen molar-refractivity contribution in [1.82, 2.24) is 5.32 Å². The molecule has 0 saturated carbocycles. The highest BCUT2D eigenvalue weighted by atomic mass is 32.1. The Kier molecular flexibility index (Phi) is 4.90. The number of hydrogen-bond donors (Lipinski definition) is 1. The Balaban J connectivity index is 1.62. The topological polar surface area (TPSA) is 51.5 Å². The smallest absolute Gasteiger partial charge is 0.251 e. The first-order chi connectivity index (χ1) is 11.3. The van der Waals surface area contributed by atoms with Crippen LogP contribution in [0.5, 0.6) is 0 Å². The van der Waals surface area contributed by atoms with Gasteiger partial charge in [0.05, 0.1) is 12.8 Å². The molecule has 0 saturated heterocycles. The molecule has 1 unspecified atom stereocenters. The zero-order valence-electron chi connectivity index (χ0n) is 12.7. The zero-order chi connectivity index (χ0) is 16.1. The Morgan fingerprint density at radius 1 is 1.22 bits per heavy atom. The molecule has 1 N–H and O–H groups in total. The van der Waals surface area contributed by atoms with Crippen LogP contribution in [0.2, 0.25) is 0 Å². The van der Waals surface area contributed by atoms with Crippen LogP contribution >= 0.6 is 11.3 Å². The molecule has 0 aliphatic heterocycles. The van der Waals surface area contributed by atoms with Crippen molar-refractivity contribution in [3.63, 3.8) is 0 Å². The number of amides is 1. The van der Waals surface area contributed by atoms with Crippen molar-refractivity contribution in [3.05, 3.63) is 70.8 Å². The van der Waals surface area contributed by atoms with E-state index in [1.807, 2.05) is 35.7 Å². The summed E-state index contributed by atoms with van der Waals surface area (Å²) in [6, 6.07) is 13.3. The van der Waals surface area contributed by atoms with Gasteiger partial charge in [-0.1, -0.05) is 12.1 Å². The number of methoxy groups -OCH3 is 1. The first-order valence-corrected chi connectivity index (χ1v) is 8.19. The van der Waals surface area contributed by atoms with Gasteiger partial charge in [0, 0.05) is 12.7 Å². The van der Waals surface area contributed by atoms with Crippen LogP contribution < -0.4 is 5.32 Å². The van der Waals surface area contributed by atoms with Crippen molar-refractivity contribution in [3.8, 4) is 11.1 Å². The van der Waals surface area contributed by atoms with E-state index in [-0.39, 0.29) is 12.0 Å². The fourth-order valence-electron chi connectivity index (χ4n) is 2.30. The minimum Gasteiger partial charge on any atom is -0.467 e.